The Morgan fingerprint density at radius 2 is 2.33 bits per heavy atom. The number of hydrogen-bond donors (Lipinski definition) is 1. The molecule has 0 aliphatic rings. The minimum atomic E-state index is -0.279. The summed E-state index contributed by atoms with van der Waals surface area (Å²) in [6.07, 6.45) is 1.57. The third-order valence-electron chi connectivity index (χ3n) is 1.95. The van der Waals surface area contributed by atoms with Crippen LogP contribution >= 0.6 is 0 Å². The van der Waals surface area contributed by atoms with E-state index in [0.717, 1.165) is 0 Å². The zero-order valence-electron chi connectivity index (χ0n) is 8.31. The van der Waals surface area contributed by atoms with Gasteiger partial charge in [-0.2, -0.15) is 0 Å². The quantitative estimate of drug-likeness (QED) is 0.818. The van der Waals surface area contributed by atoms with E-state index in [1.54, 1.807) is 23.1 Å². The van der Waals surface area contributed by atoms with E-state index in [-0.39, 0.29) is 5.82 Å². The molecule has 2 rings (SSSR count). The predicted octanol–water partition coefficient (Wildman–Crippen LogP) is 1.13. The summed E-state index contributed by atoms with van der Waals surface area (Å²) in [7, 11) is 1.82. The molecule has 1 aromatic heterocycles. The fourth-order valence-corrected chi connectivity index (χ4v) is 1.28. The Morgan fingerprint density at radius 3 is 3.07 bits per heavy atom. The summed E-state index contributed by atoms with van der Waals surface area (Å²) < 4.78 is 14.5. The third-order valence-corrected chi connectivity index (χ3v) is 1.95. The first-order valence-corrected chi connectivity index (χ1v) is 4.60. The predicted molar refractivity (Wildman–Crippen MR) is 54.1 cm³/mol. The van der Waals surface area contributed by atoms with Gasteiger partial charge in [0.25, 0.3) is 0 Å². The van der Waals surface area contributed by atoms with Crippen LogP contribution in [-0.2, 0) is 6.54 Å². The molecule has 0 fully saturated rings. The summed E-state index contributed by atoms with van der Waals surface area (Å²) >= 11 is 0. The third kappa shape index (κ3) is 2.19. The molecule has 1 aromatic carbocycles. The Kier molecular flexibility index (Phi) is 2.73. The van der Waals surface area contributed by atoms with Gasteiger partial charge in [-0.05, 0) is 25.2 Å². The van der Waals surface area contributed by atoms with Crippen molar-refractivity contribution < 1.29 is 4.39 Å². The van der Waals surface area contributed by atoms with E-state index >= 15 is 0 Å². The number of halogens is 1. The maximum Gasteiger partial charge on any atom is 0.164 e. The summed E-state index contributed by atoms with van der Waals surface area (Å²) in [5, 5.41) is 7.14. The standard InChI is InChI=1S/C10H11FN4/c1-12-6-10-13-7-15(14-10)9-4-2-3-8(11)5-9/h2-5,7,12H,6H2,1H3. The van der Waals surface area contributed by atoms with Crippen molar-refractivity contribution in [3.8, 4) is 5.69 Å². The number of nitrogens with zero attached hydrogens (tertiary/aromatic N) is 3. The molecule has 78 valence electrons. The Labute approximate surface area is 86.8 Å². The topological polar surface area (TPSA) is 42.7 Å². The van der Waals surface area contributed by atoms with Gasteiger partial charge in [-0.15, -0.1) is 5.10 Å². The van der Waals surface area contributed by atoms with Crippen molar-refractivity contribution in [3.05, 3.63) is 42.2 Å². The minimum Gasteiger partial charge on any atom is -0.313 e. The second-order valence-electron chi connectivity index (χ2n) is 3.12. The largest absolute Gasteiger partial charge is 0.313 e. The lowest BCUT2D eigenvalue weighted by atomic mass is 10.3. The van der Waals surface area contributed by atoms with Crippen molar-refractivity contribution in [1.82, 2.24) is 20.1 Å². The summed E-state index contributed by atoms with van der Waals surface area (Å²) in [6, 6.07) is 6.23. The SMILES string of the molecule is CNCc1ncn(-c2cccc(F)c2)n1. The van der Waals surface area contributed by atoms with Crippen LogP contribution in [0.4, 0.5) is 4.39 Å². The van der Waals surface area contributed by atoms with Gasteiger partial charge in [-0.3, -0.25) is 0 Å². The van der Waals surface area contributed by atoms with E-state index in [9.17, 15) is 4.39 Å². The van der Waals surface area contributed by atoms with Crippen LogP contribution in [0.15, 0.2) is 30.6 Å². The molecule has 1 N–H and O–H groups in total. The maximum absolute atomic E-state index is 12.9. The lowest BCUT2D eigenvalue weighted by molar-refractivity contribution is 0.625. The maximum atomic E-state index is 12.9. The lowest BCUT2D eigenvalue weighted by Crippen LogP contribution is -2.07. The number of rotatable bonds is 3. The van der Waals surface area contributed by atoms with Crippen molar-refractivity contribution in [2.24, 2.45) is 0 Å². The monoisotopic (exact) mass is 206 g/mol. The number of hydrogen-bond acceptors (Lipinski definition) is 3. The van der Waals surface area contributed by atoms with Crippen molar-refractivity contribution in [1.29, 1.82) is 0 Å². The molecule has 5 heteroatoms. The zero-order chi connectivity index (χ0) is 10.7. The molecule has 0 aliphatic heterocycles. The smallest absolute Gasteiger partial charge is 0.164 e. The fraction of sp³-hybridized carbons (Fsp3) is 0.200. The van der Waals surface area contributed by atoms with Gasteiger partial charge in [0, 0.05) is 0 Å². The van der Waals surface area contributed by atoms with Crippen LogP contribution in [-0.4, -0.2) is 21.8 Å². The van der Waals surface area contributed by atoms with Gasteiger partial charge in [0.15, 0.2) is 5.82 Å². The van der Waals surface area contributed by atoms with Crippen LogP contribution in [0.3, 0.4) is 0 Å². The molecule has 0 saturated carbocycles. The summed E-state index contributed by atoms with van der Waals surface area (Å²) in [4.78, 5) is 4.08. The summed E-state index contributed by atoms with van der Waals surface area (Å²) in [6.45, 7) is 0.600. The van der Waals surface area contributed by atoms with Crippen molar-refractivity contribution in [2.75, 3.05) is 7.05 Å². The molecule has 2 aromatic rings. The second kappa shape index (κ2) is 4.18. The van der Waals surface area contributed by atoms with E-state index in [0.29, 0.717) is 18.1 Å². The van der Waals surface area contributed by atoms with E-state index in [1.807, 2.05) is 7.05 Å². The van der Waals surface area contributed by atoms with Gasteiger partial charge in [0.1, 0.15) is 12.1 Å². The summed E-state index contributed by atoms with van der Waals surface area (Å²) in [5.41, 5.74) is 0.671. The molecule has 0 radical (unpaired) electrons. The van der Waals surface area contributed by atoms with Crippen molar-refractivity contribution >= 4 is 0 Å². The Morgan fingerprint density at radius 1 is 1.47 bits per heavy atom. The molecule has 0 aliphatic carbocycles. The van der Waals surface area contributed by atoms with Crippen LogP contribution in [0.1, 0.15) is 5.82 Å². The van der Waals surface area contributed by atoms with Crippen LogP contribution < -0.4 is 5.32 Å². The number of benzene rings is 1. The number of nitrogens with one attached hydrogen (secondary N) is 1. The highest BCUT2D eigenvalue weighted by molar-refractivity contribution is 5.30. The molecule has 0 bridgehead atoms. The van der Waals surface area contributed by atoms with Gasteiger partial charge in [-0.25, -0.2) is 14.1 Å². The minimum absolute atomic E-state index is 0.279. The first-order valence-electron chi connectivity index (χ1n) is 4.60. The zero-order valence-corrected chi connectivity index (χ0v) is 8.31. The highest BCUT2D eigenvalue weighted by atomic mass is 19.1. The average Bonchev–Trinajstić information content (AvgIpc) is 2.67. The Hall–Kier alpha value is -1.75. The van der Waals surface area contributed by atoms with Crippen molar-refractivity contribution in [3.63, 3.8) is 0 Å². The van der Waals surface area contributed by atoms with Gasteiger partial charge in [0.2, 0.25) is 0 Å². The molecule has 0 amide bonds. The van der Waals surface area contributed by atoms with E-state index < -0.39 is 0 Å². The number of aromatic nitrogens is 3. The van der Waals surface area contributed by atoms with E-state index in [4.69, 9.17) is 0 Å². The van der Waals surface area contributed by atoms with E-state index in [2.05, 4.69) is 15.4 Å². The van der Waals surface area contributed by atoms with Crippen LogP contribution in [0, 0.1) is 5.82 Å². The first kappa shape index (κ1) is 9.79. The van der Waals surface area contributed by atoms with Gasteiger partial charge in [-0.1, -0.05) is 6.07 Å². The average molecular weight is 206 g/mol. The highest BCUT2D eigenvalue weighted by Gasteiger charge is 2.02. The van der Waals surface area contributed by atoms with Crippen LogP contribution in [0.2, 0.25) is 0 Å². The Bertz CT molecular complexity index is 452. The lowest BCUT2D eigenvalue weighted by Gasteiger charge is -1.99. The molecule has 0 atom stereocenters. The second-order valence-corrected chi connectivity index (χ2v) is 3.12. The van der Waals surface area contributed by atoms with Crippen molar-refractivity contribution in [2.45, 2.75) is 6.54 Å². The summed E-state index contributed by atoms with van der Waals surface area (Å²) in [5.74, 6) is 0.403. The fourth-order valence-electron chi connectivity index (χ4n) is 1.28. The van der Waals surface area contributed by atoms with Crippen LogP contribution in [0.25, 0.3) is 5.69 Å². The molecule has 0 saturated heterocycles. The molecule has 4 nitrogen and oxygen atoms in total. The van der Waals surface area contributed by atoms with E-state index in [1.165, 1.54) is 12.1 Å². The molecular formula is C10H11FN4. The van der Waals surface area contributed by atoms with Gasteiger partial charge in [0.05, 0.1) is 12.2 Å². The molecule has 1 heterocycles. The first-order chi connectivity index (χ1) is 7.29. The Balaban J connectivity index is 2.29. The van der Waals surface area contributed by atoms with Gasteiger partial charge >= 0.3 is 0 Å². The molecule has 0 unspecified atom stereocenters. The molecular weight excluding hydrogens is 195 g/mol. The van der Waals surface area contributed by atoms with Gasteiger partial charge < -0.3 is 5.32 Å². The highest BCUT2D eigenvalue weighted by Crippen LogP contribution is 2.07. The molecule has 15 heavy (non-hydrogen) atoms. The van der Waals surface area contributed by atoms with Crippen LogP contribution in [0.5, 0.6) is 0 Å². The molecule has 0 spiro atoms. The normalized spacial score (nSPS) is 10.5.